The zero-order chi connectivity index (χ0) is 39.9. The maximum Gasteiger partial charge on any atom is 0.251 e. The van der Waals surface area contributed by atoms with Gasteiger partial charge in [-0.25, -0.2) is 40.7 Å². The van der Waals surface area contributed by atoms with E-state index in [9.17, 15) is 30.7 Å². The molecular formula is C42H35F7N8. The summed E-state index contributed by atoms with van der Waals surface area (Å²) < 4.78 is 93.5. The molecule has 5 aromatic carbocycles. The first-order valence-electron chi connectivity index (χ1n) is 18.0. The summed E-state index contributed by atoms with van der Waals surface area (Å²) in [6.07, 6.45) is -0.536. The number of rotatable bonds is 10. The Bertz CT molecular complexity index is 2460. The van der Waals surface area contributed by atoms with Crippen molar-refractivity contribution in [1.29, 1.82) is 0 Å². The minimum Gasteiger partial charge on any atom is -0.365 e. The number of halogens is 7. The van der Waals surface area contributed by atoms with E-state index in [1.165, 1.54) is 60.7 Å². The number of piperidine rings is 1. The van der Waals surface area contributed by atoms with Crippen LogP contribution in [0, 0.1) is 29.1 Å². The average molecular weight is 785 g/mol. The summed E-state index contributed by atoms with van der Waals surface area (Å²) in [5, 5.41) is 10.7. The van der Waals surface area contributed by atoms with Gasteiger partial charge in [0.1, 0.15) is 40.7 Å². The number of alkyl halides is 2. The topological polar surface area (TPSA) is 90.9 Å². The van der Waals surface area contributed by atoms with Crippen molar-refractivity contribution >= 4 is 45.3 Å². The Morgan fingerprint density at radius 2 is 0.877 bits per heavy atom. The summed E-state index contributed by atoms with van der Waals surface area (Å²) in [5.74, 6) is -2.84. The quantitative estimate of drug-likeness (QED) is 0.118. The second-order valence-electron chi connectivity index (χ2n) is 13.4. The molecule has 0 bridgehead atoms. The molecule has 3 heterocycles. The van der Waals surface area contributed by atoms with Crippen LogP contribution in [0.25, 0.3) is 21.8 Å². The minimum atomic E-state index is -2.68. The van der Waals surface area contributed by atoms with E-state index >= 15 is 0 Å². The molecule has 0 aliphatic carbocycles. The molecule has 57 heavy (non-hydrogen) atoms. The van der Waals surface area contributed by atoms with Crippen molar-refractivity contribution in [3.8, 4) is 0 Å². The van der Waals surface area contributed by atoms with Crippen molar-refractivity contribution in [1.82, 2.24) is 19.9 Å². The van der Waals surface area contributed by atoms with Gasteiger partial charge in [0, 0.05) is 68.5 Å². The zero-order valence-electron chi connectivity index (χ0n) is 30.2. The maximum absolute atomic E-state index is 13.7. The number of anilines is 4. The Morgan fingerprint density at radius 3 is 1.35 bits per heavy atom. The summed E-state index contributed by atoms with van der Waals surface area (Å²) in [7, 11) is 0. The molecular weight excluding hydrogens is 750 g/mol. The Labute approximate surface area is 322 Å². The number of nitrogens with one attached hydrogen (secondary N) is 3. The second-order valence-corrected chi connectivity index (χ2v) is 13.4. The fourth-order valence-electron chi connectivity index (χ4n) is 6.08. The molecule has 0 spiro atoms. The lowest BCUT2D eigenvalue weighted by Crippen LogP contribution is -2.40. The molecule has 1 aliphatic rings. The van der Waals surface area contributed by atoms with E-state index < -0.39 is 17.6 Å². The SMILES string of the molecule is Fc1ccc(CNc2nc(N3CCC(F)(F)CC3)nc3cc(F)ccc23)cc1.Fc1ccc(CNc2nc(NCc3ccc(F)cc3)c3ccc(F)cc3n2)cc1. The molecule has 0 amide bonds. The molecule has 8 rings (SSSR count). The van der Waals surface area contributed by atoms with Gasteiger partial charge in [-0.3, -0.25) is 0 Å². The molecule has 0 saturated carbocycles. The van der Waals surface area contributed by atoms with Crippen molar-refractivity contribution in [2.75, 3.05) is 33.9 Å². The lowest BCUT2D eigenvalue weighted by atomic mass is 10.1. The van der Waals surface area contributed by atoms with Crippen molar-refractivity contribution in [3.05, 3.63) is 155 Å². The first kappa shape index (κ1) is 38.8. The molecule has 0 atom stereocenters. The predicted molar refractivity (Wildman–Crippen MR) is 207 cm³/mol. The minimum absolute atomic E-state index is 0.130. The van der Waals surface area contributed by atoms with Crippen LogP contribution in [0.1, 0.15) is 29.5 Å². The average Bonchev–Trinajstić information content (AvgIpc) is 3.20. The van der Waals surface area contributed by atoms with Crippen LogP contribution in [0.4, 0.5) is 54.3 Å². The number of nitrogens with zero attached hydrogens (tertiary/aromatic N) is 5. The third-order valence-corrected chi connectivity index (χ3v) is 9.19. The van der Waals surface area contributed by atoms with E-state index in [2.05, 4.69) is 35.9 Å². The van der Waals surface area contributed by atoms with E-state index in [0.29, 0.717) is 59.0 Å². The van der Waals surface area contributed by atoms with Crippen LogP contribution in [0.15, 0.2) is 109 Å². The Balaban J connectivity index is 0.000000174. The van der Waals surface area contributed by atoms with E-state index in [-0.39, 0.29) is 49.3 Å². The summed E-state index contributed by atoms with van der Waals surface area (Å²) in [5.41, 5.74) is 3.41. The lowest BCUT2D eigenvalue weighted by Gasteiger charge is -2.32. The first-order valence-corrected chi connectivity index (χ1v) is 18.0. The van der Waals surface area contributed by atoms with Crippen LogP contribution in [0.3, 0.4) is 0 Å². The number of hydrogen-bond acceptors (Lipinski definition) is 8. The van der Waals surface area contributed by atoms with E-state index in [1.807, 2.05) is 0 Å². The van der Waals surface area contributed by atoms with Gasteiger partial charge in [-0.1, -0.05) is 36.4 Å². The van der Waals surface area contributed by atoms with Gasteiger partial charge in [0.05, 0.1) is 11.0 Å². The molecule has 3 N–H and O–H groups in total. The van der Waals surface area contributed by atoms with Crippen LogP contribution in [0.2, 0.25) is 0 Å². The molecule has 0 unspecified atom stereocenters. The Kier molecular flexibility index (Phi) is 11.6. The standard InChI is InChI=1S/C22H17F3N4.C20H18F4N4/c23-16-5-1-14(2-6-16)12-26-21-19-10-9-18(25)11-20(19)28-22(29-21)27-13-15-3-7-17(24)8-4-15;21-14-3-1-13(2-4-14)12-25-18-16-6-5-15(22)11-17(16)26-19(27-18)28-9-7-20(23,24)8-10-28/h1-11H,12-13H2,(H2,26,27,28,29);1-6,11H,7-10,12H2,(H,25,26,27). The van der Waals surface area contributed by atoms with Crippen molar-refractivity contribution in [2.24, 2.45) is 0 Å². The highest BCUT2D eigenvalue weighted by Crippen LogP contribution is 2.32. The summed E-state index contributed by atoms with van der Waals surface area (Å²) >= 11 is 0. The normalized spacial score (nSPS) is 13.6. The highest BCUT2D eigenvalue weighted by molar-refractivity contribution is 5.91. The second kappa shape index (κ2) is 17.1. The van der Waals surface area contributed by atoms with Crippen molar-refractivity contribution in [2.45, 2.75) is 38.4 Å². The van der Waals surface area contributed by atoms with Gasteiger partial charge < -0.3 is 20.9 Å². The van der Waals surface area contributed by atoms with E-state index in [4.69, 9.17) is 0 Å². The van der Waals surface area contributed by atoms with E-state index in [1.54, 1.807) is 53.4 Å². The number of aromatic nitrogens is 4. The third kappa shape index (κ3) is 10.2. The van der Waals surface area contributed by atoms with Crippen LogP contribution in [-0.2, 0) is 19.6 Å². The third-order valence-electron chi connectivity index (χ3n) is 9.19. The largest absolute Gasteiger partial charge is 0.365 e. The first-order chi connectivity index (χ1) is 27.5. The van der Waals surface area contributed by atoms with Gasteiger partial charge >= 0.3 is 0 Å². The highest BCUT2D eigenvalue weighted by atomic mass is 19.3. The highest BCUT2D eigenvalue weighted by Gasteiger charge is 2.35. The van der Waals surface area contributed by atoms with Crippen LogP contribution >= 0.6 is 0 Å². The van der Waals surface area contributed by atoms with Gasteiger partial charge in [0.2, 0.25) is 11.9 Å². The maximum atomic E-state index is 13.7. The van der Waals surface area contributed by atoms with E-state index in [0.717, 1.165) is 16.7 Å². The predicted octanol–water partition coefficient (Wildman–Crippen LogP) is 10.0. The van der Waals surface area contributed by atoms with Crippen molar-refractivity contribution in [3.63, 3.8) is 0 Å². The smallest absolute Gasteiger partial charge is 0.251 e. The number of hydrogen-bond donors (Lipinski definition) is 3. The van der Waals surface area contributed by atoms with Gasteiger partial charge in [-0.05, 0) is 77.4 Å². The summed E-state index contributed by atoms with van der Waals surface area (Å²) in [6, 6.07) is 26.7. The molecule has 2 aromatic heterocycles. The van der Waals surface area contributed by atoms with Gasteiger partial charge in [0.25, 0.3) is 5.92 Å². The Hall–Kier alpha value is -6.51. The van der Waals surface area contributed by atoms with Crippen LogP contribution in [0.5, 0.6) is 0 Å². The zero-order valence-corrected chi connectivity index (χ0v) is 30.2. The monoisotopic (exact) mass is 784 g/mol. The molecule has 1 fully saturated rings. The fourth-order valence-corrected chi connectivity index (χ4v) is 6.08. The molecule has 1 saturated heterocycles. The van der Waals surface area contributed by atoms with Gasteiger partial charge in [-0.15, -0.1) is 0 Å². The molecule has 8 nitrogen and oxygen atoms in total. The van der Waals surface area contributed by atoms with Crippen LogP contribution in [-0.4, -0.2) is 38.9 Å². The molecule has 7 aromatic rings. The van der Waals surface area contributed by atoms with Crippen molar-refractivity contribution < 1.29 is 30.7 Å². The number of benzene rings is 5. The molecule has 15 heteroatoms. The molecule has 0 radical (unpaired) electrons. The molecule has 1 aliphatic heterocycles. The van der Waals surface area contributed by atoms with Crippen LogP contribution < -0.4 is 20.9 Å². The number of fused-ring (bicyclic) bond motifs is 2. The fraction of sp³-hybridized carbons (Fsp3) is 0.190. The van der Waals surface area contributed by atoms with Gasteiger partial charge in [-0.2, -0.15) is 9.97 Å². The summed E-state index contributed by atoms with van der Waals surface area (Å²) in [4.78, 5) is 19.4. The van der Waals surface area contributed by atoms with Gasteiger partial charge in [0.15, 0.2) is 0 Å². The molecule has 292 valence electrons. The summed E-state index contributed by atoms with van der Waals surface area (Å²) in [6.45, 7) is 1.44. The Morgan fingerprint density at radius 1 is 0.474 bits per heavy atom. The lowest BCUT2D eigenvalue weighted by molar-refractivity contribution is -0.0222.